The van der Waals surface area contributed by atoms with Gasteiger partial charge in [-0.1, -0.05) is 24.2 Å². The van der Waals surface area contributed by atoms with Crippen molar-refractivity contribution in [2.45, 2.75) is 0 Å². The largest absolute Gasteiger partial charge is 0.288 e. The van der Waals surface area contributed by atoms with E-state index in [1.165, 1.54) is 6.08 Å². The molecule has 1 aromatic rings. The van der Waals surface area contributed by atoms with E-state index in [-0.39, 0.29) is 5.78 Å². The van der Waals surface area contributed by atoms with Gasteiger partial charge in [-0.05, 0) is 18.2 Å². The zero-order valence-electron chi connectivity index (χ0n) is 5.75. The summed E-state index contributed by atoms with van der Waals surface area (Å²) in [6.45, 7) is 3.33. The predicted octanol–water partition coefficient (Wildman–Crippen LogP) is 2.10. The molecule has 0 amide bonds. The maximum Gasteiger partial charge on any atom is 0.203 e. The third-order valence-corrected chi connectivity index (χ3v) is 1.36. The van der Waals surface area contributed by atoms with Gasteiger partial charge in [-0.15, -0.1) is 0 Å². The predicted molar refractivity (Wildman–Crippen MR) is 43.8 cm³/mol. The van der Waals surface area contributed by atoms with Gasteiger partial charge in [-0.25, -0.2) is 4.98 Å². The highest BCUT2D eigenvalue weighted by Crippen LogP contribution is 2.05. The molecule has 0 aliphatic heterocycles. The van der Waals surface area contributed by atoms with Crippen LogP contribution in [0.3, 0.4) is 0 Å². The quantitative estimate of drug-likeness (QED) is 0.384. The summed E-state index contributed by atoms with van der Waals surface area (Å²) in [5, 5.41) is 0.317. The van der Waals surface area contributed by atoms with Crippen molar-refractivity contribution in [3.8, 4) is 0 Å². The van der Waals surface area contributed by atoms with Crippen molar-refractivity contribution in [2.24, 2.45) is 0 Å². The first-order chi connectivity index (χ1) is 5.24. The van der Waals surface area contributed by atoms with Gasteiger partial charge >= 0.3 is 0 Å². The van der Waals surface area contributed by atoms with Crippen LogP contribution in [0.5, 0.6) is 0 Å². The highest BCUT2D eigenvalue weighted by molar-refractivity contribution is 6.29. The van der Waals surface area contributed by atoms with Crippen LogP contribution in [0, 0.1) is 0 Å². The molecule has 0 unspecified atom stereocenters. The van der Waals surface area contributed by atoms with Crippen LogP contribution in [0.15, 0.2) is 30.9 Å². The molecule has 0 N–H and O–H groups in total. The van der Waals surface area contributed by atoms with Crippen molar-refractivity contribution in [1.82, 2.24) is 4.98 Å². The Morgan fingerprint density at radius 3 is 2.91 bits per heavy atom. The third kappa shape index (κ3) is 1.88. The Morgan fingerprint density at radius 1 is 1.64 bits per heavy atom. The van der Waals surface area contributed by atoms with Gasteiger partial charge in [0.15, 0.2) is 0 Å². The van der Waals surface area contributed by atoms with Gasteiger partial charge in [0, 0.05) is 0 Å². The zero-order chi connectivity index (χ0) is 8.27. The Kier molecular flexibility index (Phi) is 2.39. The number of hydrogen-bond donors (Lipinski definition) is 0. The molecule has 0 aliphatic rings. The van der Waals surface area contributed by atoms with Crippen LogP contribution < -0.4 is 0 Å². The summed E-state index contributed by atoms with van der Waals surface area (Å²) in [5.74, 6) is -0.215. The second-order valence-electron chi connectivity index (χ2n) is 1.91. The Labute approximate surface area is 69.5 Å². The van der Waals surface area contributed by atoms with Crippen LogP contribution in [0.1, 0.15) is 10.5 Å². The molecule has 1 aromatic heterocycles. The first-order valence-corrected chi connectivity index (χ1v) is 3.41. The Hall–Kier alpha value is -1.15. The van der Waals surface area contributed by atoms with E-state index in [9.17, 15) is 4.79 Å². The Bertz CT molecular complexity index is 296. The summed E-state index contributed by atoms with van der Waals surface area (Å²) in [6, 6.07) is 4.88. The SMILES string of the molecule is C=CC(=O)c1cccc(Cl)n1. The number of carbonyl (C=O) groups excluding carboxylic acids is 1. The number of pyridine rings is 1. The van der Waals surface area contributed by atoms with Gasteiger partial charge in [-0.3, -0.25) is 4.79 Å². The lowest BCUT2D eigenvalue weighted by atomic mass is 10.2. The summed E-state index contributed by atoms with van der Waals surface area (Å²) >= 11 is 5.55. The number of ketones is 1. The highest BCUT2D eigenvalue weighted by Gasteiger charge is 2.01. The molecule has 1 rings (SSSR count). The summed E-state index contributed by atoms with van der Waals surface area (Å²) in [5.41, 5.74) is 0.326. The van der Waals surface area contributed by atoms with E-state index < -0.39 is 0 Å². The van der Waals surface area contributed by atoms with Crippen LogP contribution in [0.4, 0.5) is 0 Å². The van der Waals surface area contributed by atoms with E-state index in [1.807, 2.05) is 0 Å². The van der Waals surface area contributed by atoms with Crippen LogP contribution in [-0.2, 0) is 0 Å². The molecule has 0 fully saturated rings. The third-order valence-electron chi connectivity index (χ3n) is 1.15. The molecule has 0 radical (unpaired) electrons. The summed E-state index contributed by atoms with van der Waals surface area (Å²) in [6.07, 6.45) is 1.21. The van der Waals surface area contributed by atoms with Gasteiger partial charge in [0.05, 0.1) is 0 Å². The van der Waals surface area contributed by atoms with Gasteiger partial charge in [-0.2, -0.15) is 0 Å². The fourth-order valence-corrected chi connectivity index (χ4v) is 0.814. The molecule has 3 heteroatoms. The molecule has 0 bridgehead atoms. The van der Waals surface area contributed by atoms with Gasteiger partial charge in [0.25, 0.3) is 0 Å². The van der Waals surface area contributed by atoms with E-state index in [0.29, 0.717) is 10.8 Å². The van der Waals surface area contributed by atoms with E-state index in [4.69, 9.17) is 11.6 Å². The molecule has 1 heterocycles. The smallest absolute Gasteiger partial charge is 0.203 e. The maximum atomic E-state index is 10.9. The lowest BCUT2D eigenvalue weighted by molar-refractivity contribution is 0.104. The van der Waals surface area contributed by atoms with Gasteiger partial charge in [0.2, 0.25) is 5.78 Å². The first kappa shape index (κ1) is 7.95. The lowest BCUT2D eigenvalue weighted by Gasteiger charge is -1.93. The van der Waals surface area contributed by atoms with Crippen molar-refractivity contribution in [2.75, 3.05) is 0 Å². The lowest BCUT2D eigenvalue weighted by Crippen LogP contribution is -1.96. The van der Waals surface area contributed by atoms with Gasteiger partial charge in [0.1, 0.15) is 10.8 Å². The number of aromatic nitrogens is 1. The summed E-state index contributed by atoms with van der Waals surface area (Å²) < 4.78 is 0. The monoisotopic (exact) mass is 167 g/mol. The molecule has 11 heavy (non-hydrogen) atoms. The minimum absolute atomic E-state index is 0.215. The molecule has 0 saturated heterocycles. The van der Waals surface area contributed by atoms with E-state index >= 15 is 0 Å². The fourth-order valence-electron chi connectivity index (χ4n) is 0.650. The topological polar surface area (TPSA) is 30.0 Å². The minimum atomic E-state index is -0.215. The molecule has 0 spiro atoms. The molecule has 2 nitrogen and oxygen atoms in total. The number of carbonyl (C=O) groups is 1. The van der Waals surface area contributed by atoms with E-state index in [0.717, 1.165) is 0 Å². The molecule has 0 aliphatic carbocycles. The van der Waals surface area contributed by atoms with Gasteiger partial charge < -0.3 is 0 Å². The van der Waals surface area contributed by atoms with Crippen molar-refractivity contribution >= 4 is 17.4 Å². The number of halogens is 1. The molecule has 56 valence electrons. The summed E-state index contributed by atoms with van der Waals surface area (Å²) in [4.78, 5) is 14.7. The first-order valence-electron chi connectivity index (χ1n) is 3.03. The van der Waals surface area contributed by atoms with Crippen LogP contribution >= 0.6 is 11.6 Å². The average molecular weight is 168 g/mol. The molecular weight excluding hydrogens is 162 g/mol. The molecule has 0 atom stereocenters. The minimum Gasteiger partial charge on any atom is -0.288 e. The maximum absolute atomic E-state index is 10.9. The van der Waals surface area contributed by atoms with Crippen LogP contribution in [0.2, 0.25) is 5.15 Å². The second-order valence-corrected chi connectivity index (χ2v) is 2.30. The highest BCUT2D eigenvalue weighted by atomic mass is 35.5. The van der Waals surface area contributed by atoms with Crippen molar-refractivity contribution in [3.63, 3.8) is 0 Å². The zero-order valence-corrected chi connectivity index (χ0v) is 6.51. The molecular formula is C8H6ClNO. The second kappa shape index (κ2) is 3.30. The number of rotatable bonds is 2. The molecule has 0 aromatic carbocycles. The number of allylic oxidation sites excluding steroid dienone is 1. The Balaban J connectivity index is 3.05. The fraction of sp³-hybridized carbons (Fsp3) is 0. The van der Waals surface area contributed by atoms with E-state index in [2.05, 4.69) is 11.6 Å². The standard InChI is InChI=1S/C8H6ClNO/c1-2-7(11)6-4-3-5-8(9)10-6/h2-5H,1H2. The number of hydrogen-bond acceptors (Lipinski definition) is 2. The van der Waals surface area contributed by atoms with E-state index in [1.54, 1.807) is 18.2 Å². The van der Waals surface area contributed by atoms with Crippen LogP contribution in [0.25, 0.3) is 0 Å². The van der Waals surface area contributed by atoms with Crippen molar-refractivity contribution in [1.29, 1.82) is 0 Å². The van der Waals surface area contributed by atoms with Crippen LogP contribution in [-0.4, -0.2) is 10.8 Å². The normalized spacial score (nSPS) is 9.18. The average Bonchev–Trinajstić information content (AvgIpc) is 2.03. The van der Waals surface area contributed by atoms with Crippen molar-refractivity contribution in [3.05, 3.63) is 41.7 Å². The molecule has 0 saturated carbocycles. The van der Waals surface area contributed by atoms with Crippen molar-refractivity contribution < 1.29 is 4.79 Å². The summed E-state index contributed by atoms with van der Waals surface area (Å²) in [7, 11) is 0. The Morgan fingerprint density at radius 2 is 2.36 bits per heavy atom. The number of nitrogens with zero attached hydrogens (tertiary/aromatic N) is 1.